The summed E-state index contributed by atoms with van der Waals surface area (Å²) in [6.45, 7) is 15.8. The van der Waals surface area contributed by atoms with Gasteiger partial charge >= 0.3 is 0 Å². The zero-order valence-electron chi connectivity index (χ0n) is 26.7. The molecule has 0 spiro atoms. The zero-order chi connectivity index (χ0) is 33.8. The smallest absolute Gasteiger partial charge is 0.211 e. The molecule has 0 aliphatic carbocycles. The van der Waals surface area contributed by atoms with Crippen LogP contribution in [0.3, 0.4) is 0 Å². The van der Waals surface area contributed by atoms with Crippen LogP contribution < -0.4 is 0 Å². The summed E-state index contributed by atoms with van der Waals surface area (Å²) in [7, 11) is 0. The maximum Gasteiger partial charge on any atom is 0.211 e. The van der Waals surface area contributed by atoms with Crippen LogP contribution in [0.15, 0.2) is 152 Å². The van der Waals surface area contributed by atoms with Crippen molar-refractivity contribution in [1.82, 2.24) is 9.13 Å². The molecule has 0 amide bonds. The predicted octanol–water partition coefficient (Wildman–Crippen LogP) is 12.2. The molecule has 2 aromatic heterocycles. The Balaban J connectivity index is 1.15. The lowest BCUT2D eigenvalue weighted by Gasteiger charge is -2.17. The minimum absolute atomic E-state index is 0.503. The molecular formula is C45H25N5. The van der Waals surface area contributed by atoms with Gasteiger partial charge in [-0.3, -0.25) is 0 Å². The Bertz CT molecular complexity index is 2890. The van der Waals surface area contributed by atoms with Crippen molar-refractivity contribution in [3.8, 4) is 39.7 Å². The first kappa shape index (κ1) is 28.8. The fourth-order valence-corrected chi connectivity index (χ4v) is 7.32. The number of fused-ring (bicyclic) bond motifs is 6. The minimum Gasteiger partial charge on any atom is -0.320 e. The van der Waals surface area contributed by atoms with Gasteiger partial charge in [0.15, 0.2) is 5.69 Å². The van der Waals surface area contributed by atoms with E-state index in [0.717, 1.165) is 55.4 Å². The topological polar surface area (TPSA) is 42.4 Å². The van der Waals surface area contributed by atoms with Gasteiger partial charge in [-0.1, -0.05) is 103 Å². The van der Waals surface area contributed by atoms with Gasteiger partial charge in [-0.15, -0.1) is 0 Å². The van der Waals surface area contributed by atoms with E-state index in [1.165, 1.54) is 21.8 Å². The molecule has 2 heterocycles. The summed E-state index contributed by atoms with van der Waals surface area (Å²) in [4.78, 5) is 7.64. The second-order valence-electron chi connectivity index (χ2n) is 12.3. The Morgan fingerprint density at radius 3 is 1.76 bits per heavy atom. The van der Waals surface area contributed by atoms with Crippen LogP contribution in [0.4, 0.5) is 11.4 Å². The third-order valence-electron chi connectivity index (χ3n) is 9.60. The number of hydrogen-bond acceptors (Lipinski definition) is 1. The predicted molar refractivity (Wildman–Crippen MR) is 203 cm³/mol. The molecule has 7 aromatic carbocycles. The van der Waals surface area contributed by atoms with Gasteiger partial charge in [-0.25, -0.2) is 9.69 Å². The third kappa shape index (κ3) is 4.38. The van der Waals surface area contributed by atoms with E-state index in [2.05, 4.69) is 122 Å². The Hall–Kier alpha value is -7.39. The van der Waals surface area contributed by atoms with Crippen LogP contribution in [0.2, 0.25) is 0 Å². The van der Waals surface area contributed by atoms with Crippen LogP contribution in [-0.2, 0) is 0 Å². The average Bonchev–Trinajstić information content (AvgIpc) is 3.69. The molecule has 5 heteroatoms. The van der Waals surface area contributed by atoms with Crippen molar-refractivity contribution in [2.45, 2.75) is 0 Å². The summed E-state index contributed by atoms with van der Waals surface area (Å²) in [5.74, 6) is 0. The molecule has 9 aromatic rings. The Kier molecular flexibility index (Phi) is 6.56. The number of para-hydroxylation sites is 3. The lowest BCUT2D eigenvalue weighted by atomic mass is 9.98. The highest BCUT2D eigenvalue weighted by Crippen LogP contribution is 2.42. The molecule has 230 valence electrons. The standard InChI is InChI=1S/C45H25N5/c1-47-33-21-24-38-39-26-29(28-46)14-25-43(39)50(44(38)27-33)45-35(10-7-11-40(45)48-2)32-17-15-30(16-18-32)31-19-22-34(23-20-31)49-41-12-5-3-8-36(41)37-9-4-6-13-42(37)49/h3-27H. The van der Waals surface area contributed by atoms with Crippen LogP contribution in [0.25, 0.3) is 86.9 Å². The number of aromatic nitrogens is 2. The number of nitrogens with zero attached hydrogens (tertiary/aromatic N) is 5. The molecule has 0 atom stereocenters. The average molecular weight is 636 g/mol. The first-order valence-corrected chi connectivity index (χ1v) is 16.2. The first-order chi connectivity index (χ1) is 24.7. The van der Waals surface area contributed by atoms with E-state index >= 15 is 0 Å². The molecule has 5 nitrogen and oxygen atoms in total. The molecular weight excluding hydrogens is 611 g/mol. The van der Waals surface area contributed by atoms with Gasteiger partial charge in [-0.2, -0.15) is 5.26 Å². The van der Waals surface area contributed by atoms with Gasteiger partial charge in [0.1, 0.15) is 0 Å². The van der Waals surface area contributed by atoms with Crippen LogP contribution in [-0.4, -0.2) is 9.13 Å². The highest BCUT2D eigenvalue weighted by molar-refractivity contribution is 6.12. The molecule has 0 bridgehead atoms. The number of nitriles is 1. The lowest BCUT2D eigenvalue weighted by Crippen LogP contribution is -1.98. The van der Waals surface area contributed by atoms with Crippen LogP contribution in [0, 0.1) is 24.5 Å². The van der Waals surface area contributed by atoms with Crippen molar-refractivity contribution in [2.24, 2.45) is 0 Å². The van der Waals surface area contributed by atoms with E-state index in [-0.39, 0.29) is 0 Å². The van der Waals surface area contributed by atoms with Crippen molar-refractivity contribution >= 4 is 55.0 Å². The molecule has 0 radical (unpaired) electrons. The lowest BCUT2D eigenvalue weighted by molar-refractivity contribution is 1.18. The molecule has 0 aliphatic heterocycles. The monoisotopic (exact) mass is 635 g/mol. The van der Waals surface area contributed by atoms with Crippen LogP contribution in [0.1, 0.15) is 5.56 Å². The molecule has 0 aliphatic rings. The van der Waals surface area contributed by atoms with E-state index in [0.29, 0.717) is 16.9 Å². The summed E-state index contributed by atoms with van der Waals surface area (Å²) >= 11 is 0. The Morgan fingerprint density at radius 1 is 0.480 bits per heavy atom. The largest absolute Gasteiger partial charge is 0.320 e. The highest BCUT2D eigenvalue weighted by Gasteiger charge is 2.20. The molecule has 0 saturated carbocycles. The quantitative estimate of drug-likeness (QED) is 0.177. The van der Waals surface area contributed by atoms with E-state index in [1.54, 1.807) is 12.1 Å². The van der Waals surface area contributed by atoms with E-state index in [1.807, 2.05) is 42.5 Å². The fourth-order valence-electron chi connectivity index (χ4n) is 7.32. The molecule has 9 rings (SSSR count). The molecule has 0 unspecified atom stereocenters. The SMILES string of the molecule is [C-]#[N+]c1ccc2c3cc(C#N)ccc3n(-c3c([N+]#[C-])cccc3-c3ccc(-c4ccc(-n5c6ccccc6c6ccccc65)cc4)cc3)c2c1. The van der Waals surface area contributed by atoms with E-state index in [4.69, 9.17) is 13.1 Å². The molecule has 0 fully saturated rings. The number of benzene rings is 7. The normalized spacial score (nSPS) is 11.1. The maximum atomic E-state index is 9.65. The first-order valence-electron chi connectivity index (χ1n) is 16.2. The van der Waals surface area contributed by atoms with Gasteiger partial charge in [0.2, 0.25) is 5.69 Å². The maximum absolute atomic E-state index is 9.65. The second kappa shape index (κ2) is 11.4. The van der Waals surface area contributed by atoms with Gasteiger partial charge in [-0.05, 0) is 70.8 Å². The Morgan fingerprint density at radius 2 is 1.10 bits per heavy atom. The van der Waals surface area contributed by atoms with Gasteiger partial charge in [0, 0.05) is 32.7 Å². The number of rotatable bonds is 4. The summed E-state index contributed by atoms with van der Waals surface area (Å²) in [6, 6.07) is 53.5. The van der Waals surface area contributed by atoms with Gasteiger partial charge < -0.3 is 9.13 Å². The van der Waals surface area contributed by atoms with Crippen molar-refractivity contribution in [3.05, 3.63) is 180 Å². The summed E-state index contributed by atoms with van der Waals surface area (Å²) in [6.07, 6.45) is 0. The second-order valence-corrected chi connectivity index (χ2v) is 12.3. The Labute approximate surface area is 288 Å². The zero-order valence-corrected chi connectivity index (χ0v) is 26.7. The summed E-state index contributed by atoms with van der Waals surface area (Å²) in [5, 5.41) is 14.0. The van der Waals surface area contributed by atoms with Crippen molar-refractivity contribution in [3.63, 3.8) is 0 Å². The van der Waals surface area contributed by atoms with Crippen molar-refractivity contribution in [1.29, 1.82) is 5.26 Å². The fraction of sp³-hybridized carbons (Fsp3) is 0. The van der Waals surface area contributed by atoms with Crippen molar-refractivity contribution in [2.75, 3.05) is 0 Å². The van der Waals surface area contributed by atoms with Crippen LogP contribution in [0.5, 0.6) is 0 Å². The number of hydrogen-bond donors (Lipinski definition) is 0. The summed E-state index contributed by atoms with van der Waals surface area (Å²) < 4.78 is 4.39. The minimum atomic E-state index is 0.503. The molecule has 0 N–H and O–H groups in total. The van der Waals surface area contributed by atoms with Gasteiger partial charge in [0.05, 0.1) is 47.0 Å². The molecule has 50 heavy (non-hydrogen) atoms. The van der Waals surface area contributed by atoms with Gasteiger partial charge in [0.25, 0.3) is 0 Å². The molecule has 0 saturated heterocycles. The van der Waals surface area contributed by atoms with E-state index in [9.17, 15) is 5.26 Å². The van der Waals surface area contributed by atoms with Crippen LogP contribution >= 0.6 is 0 Å². The van der Waals surface area contributed by atoms with Crippen molar-refractivity contribution < 1.29 is 0 Å². The third-order valence-corrected chi connectivity index (χ3v) is 9.60. The highest BCUT2D eigenvalue weighted by atomic mass is 15.0. The summed E-state index contributed by atoms with van der Waals surface area (Å²) in [5.41, 5.74) is 11.6. The van der Waals surface area contributed by atoms with E-state index < -0.39 is 0 Å².